The quantitative estimate of drug-likeness (QED) is 0.724. The van der Waals surface area contributed by atoms with Crippen LogP contribution in [0.5, 0.6) is 0 Å². The highest BCUT2D eigenvalue weighted by molar-refractivity contribution is 5.97. The molecule has 3 rings (SSSR count). The van der Waals surface area contributed by atoms with Gasteiger partial charge in [-0.3, -0.25) is 0 Å². The minimum absolute atomic E-state index is 0.322. The van der Waals surface area contributed by atoms with Crippen molar-refractivity contribution in [3.05, 3.63) is 41.7 Å². The van der Waals surface area contributed by atoms with Gasteiger partial charge in [0.05, 0.1) is 5.69 Å². The van der Waals surface area contributed by atoms with Crippen molar-refractivity contribution in [1.29, 1.82) is 0 Å². The highest BCUT2D eigenvalue weighted by atomic mass is 15.0. The summed E-state index contributed by atoms with van der Waals surface area (Å²) < 4.78 is 2.18. The van der Waals surface area contributed by atoms with E-state index >= 15 is 0 Å². The lowest BCUT2D eigenvalue weighted by atomic mass is 10.1. The Morgan fingerprint density at radius 1 is 1.11 bits per heavy atom. The lowest BCUT2D eigenvalue weighted by Crippen LogP contribution is -1.99. The van der Waals surface area contributed by atoms with Gasteiger partial charge in [-0.25, -0.2) is 9.97 Å². The molecular formula is C15H16N4. The summed E-state index contributed by atoms with van der Waals surface area (Å²) in [5.41, 5.74) is 11.1. The van der Waals surface area contributed by atoms with Gasteiger partial charge in [0.15, 0.2) is 0 Å². The summed E-state index contributed by atoms with van der Waals surface area (Å²) in [6.45, 7) is 4.03. The van der Waals surface area contributed by atoms with Gasteiger partial charge in [0, 0.05) is 34.9 Å². The Balaban J connectivity index is 2.39. The number of rotatable bonds is 1. The van der Waals surface area contributed by atoms with Crippen molar-refractivity contribution in [3.8, 4) is 11.3 Å². The molecule has 0 aliphatic rings. The van der Waals surface area contributed by atoms with Gasteiger partial charge in [0.1, 0.15) is 0 Å². The van der Waals surface area contributed by atoms with E-state index in [0.29, 0.717) is 5.95 Å². The number of benzene rings is 1. The molecule has 0 unspecified atom stereocenters. The van der Waals surface area contributed by atoms with Crippen molar-refractivity contribution in [2.75, 3.05) is 5.73 Å². The van der Waals surface area contributed by atoms with Crippen LogP contribution in [0.25, 0.3) is 22.2 Å². The zero-order chi connectivity index (χ0) is 13.6. The maximum Gasteiger partial charge on any atom is 0.220 e. The van der Waals surface area contributed by atoms with Gasteiger partial charge in [-0.1, -0.05) is 18.2 Å². The Bertz CT molecular complexity index is 751. The first-order valence-corrected chi connectivity index (χ1v) is 6.23. The van der Waals surface area contributed by atoms with Crippen molar-refractivity contribution in [1.82, 2.24) is 14.5 Å². The van der Waals surface area contributed by atoms with Crippen molar-refractivity contribution < 1.29 is 0 Å². The summed E-state index contributed by atoms with van der Waals surface area (Å²) in [7, 11) is 2.07. The molecule has 2 aromatic heterocycles. The summed E-state index contributed by atoms with van der Waals surface area (Å²) in [6, 6.07) is 10.3. The molecule has 4 heteroatoms. The maximum absolute atomic E-state index is 5.77. The summed E-state index contributed by atoms with van der Waals surface area (Å²) in [4.78, 5) is 8.52. The van der Waals surface area contributed by atoms with Crippen LogP contribution in [0.1, 0.15) is 11.4 Å². The van der Waals surface area contributed by atoms with E-state index in [9.17, 15) is 0 Å². The molecule has 0 saturated heterocycles. The van der Waals surface area contributed by atoms with Gasteiger partial charge in [-0.2, -0.15) is 0 Å². The van der Waals surface area contributed by atoms with Gasteiger partial charge < -0.3 is 10.3 Å². The molecule has 0 aliphatic heterocycles. The largest absolute Gasteiger partial charge is 0.368 e. The monoisotopic (exact) mass is 252 g/mol. The second-order valence-corrected chi connectivity index (χ2v) is 4.79. The third-order valence-electron chi connectivity index (χ3n) is 3.53. The molecule has 0 amide bonds. The maximum atomic E-state index is 5.77. The molecule has 19 heavy (non-hydrogen) atoms. The molecule has 0 fully saturated rings. The summed E-state index contributed by atoms with van der Waals surface area (Å²) in [6.07, 6.45) is 0. The van der Waals surface area contributed by atoms with Crippen LogP contribution in [-0.2, 0) is 7.05 Å². The number of aromatic nitrogens is 3. The number of hydrogen-bond acceptors (Lipinski definition) is 3. The average Bonchev–Trinajstić information content (AvgIpc) is 2.61. The normalized spacial score (nSPS) is 11.1. The van der Waals surface area contributed by atoms with Crippen LogP contribution >= 0.6 is 0 Å². The van der Waals surface area contributed by atoms with Crippen LogP contribution < -0.4 is 5.73 Å². The first-order valence-electron chi connectivity index (χ1n) is 6.23. The molecule has 4 nitrogen and oxygen atoms in total. The van der Waals surface area contributed by atoms with Gasteiger partial charge in [0.25, 0.3) is 0 Å². The molecule has 0 radical (unpaired) electrons. The predicted molar refractivity (Wildman–Crippen MR) is 77.8 cm³/mol. The van der Waals surface area contributed by atoms with E-state index in [2.05, 4.69) is 40.6 Å². The first kappa shape index (κ1) is 11.7. The Kier molecular flexibility index (Phi) is 2.52. The summed E-state index contributed by atoms with van der Waals surface area (Å²) >= 11 is 0. The number of fused-ring (bicyclic) bond motifs is 1. The Morgan fingerprint density at radius 2 is 1.84 bits per heavy atom. The van der Waals surface area contributed by atoms with E-state index < -0.39 is 0 Å². The number of nitrogen functional groups attached to an aromatic ring is 1. The fourth-order valence-electron chi connectivity index (χ4n) is 2.56. The molecule has 3 aromatic rings. The van der Waals surface area contributed by atoms with Crippen molar-refractivity contribution in [3.63, 3.8) is 0 Å². The standard InChI is InChI=1S/C15H16N4/c1-9-8-12(18-15(16)17-9)14-10(2)19(3)13-7-5-4-6-11(13)14/h4-8H,1-3H3,(H2,16,17,18). The number of nitrogens with zero attached hydrogens (tertiary/aromatic N) is 3. The van der Waals surface area contributed by atoms with Crippen molar-refractivity contribution >= 4 is 16.9 Å². The molecule has 0 aliphatic carbocycles. The Labute approximate surface area is 111 Å². The van der Waals surface area contributed by atoms with Crippen LogP contribution in [0.4, 0.5) is 5.95 Å². The molecule has 0 saturated carbocycles. The lowest BCUT2D eigenvalue weighted by molar-refractivity contribution is 0.918. The number of anilines is 1. The predicted octanol–water partition coefficient (Wildman–Crippen LogP) is 2.83. The van der Waals surface area contributed by atoms with E-state index in [0.717, 1.165) is 17.0 Å². The Hall–Kier alpha value is -2.36. The van der Waals surface area contributed by atoms with Crippen molar-refractivity contribution in [2.45, 2.75) is 13.8 Å². The van der Waals surface area contributed by atoms with E-state index in [1.54, 1.807) is 0 Å². The molecule has 0 bridgehead atoms. The summed E-state index contributed by atoms with van der Waals surface area (Å²) in [5, 5.41) is 1.19. The molecule has 96 valence electrons. The molecular weight excluding hydrogens is 236 g/mol. The Morgan fingerprint density at radius 3 is 2.58 bits per heavy atom. The third-order valence-corrected chi connectivity index (χ3v) is 3.53. The fourth-order valence-corrected chi connectivity index (χ4v) is 2.56. The topological polar surface area (TPSA) is 56.7 Å². The van der Waals surface area contributed by atoms with Gasteiger partial charge >= 0.3 is 0 Å². The second kappa shape index (κ2) is 4.09. The third kappa shape index (κ3) is 1.76. The van der Waals surface area contributed by atoms with Gasteiger partial charge in [-0.15, -0.1) is 0 Å². The van der Waals surface area contributed by atoms with Crippen molar-refractivity contribution in [2.24, 2.45) is 7.05 Å². The van der Waals surface area contributed by atoms with Crippen LogP contribution in [-0.4, -0.2) is 14.5 Å². The van der Waals surface area contributed by atoms with E-state index in [4.69, 9.17) is 5.73 Å². The second-order valence-electron chi connectivity index (χ2n) is 4.79. The number of nitrogens with two attached hydrogens (primary N) is 1. The zero-order valence-electron chi connectivity index (χ0n) is 11.3. The van der Waals surface area contributed by atoms with E-state index in [1.165, 1.54) is 16.6 Å². The average molecular weight is 252 g/mol. The smallest absolute Gasteiger partial charge is 0.220 e. The highest BCUT2D eigenvalue weighted by Gasteiger charge is 2.15. The van der Waals surface area contributed by atoms with Gasteiger partial charge in [0.2, 0.25) is 5.95 Å². The summed E-state index contributed by atoms with van der Waals surface area (Å²) in [5.74, 6) is 0.322. The number of para-hydroxylation sites is 1. The van der Waals surface area contributed by atoms with Crippen LogP contribution in [0.2, 0.25) is 0 Å². The fraction of sp³-hybridized carbons (Fsp3) is 0.200. The minimum atomic E-state index is 0.322. The molecule has 1 aromatic carbocycles. The SMILES string of the molecule is Cc1cc(-c2c(C)n(C)c3ccccc23)nc(N)n1. The number of hydrogen-bond donors (Lipinski definition) is 1. The first-order chi connectivity index (χ1) is 9.08. The van der Waals surface area contributed by atoms with Crippen LogP contribution in [0, 0.1) is 13.8 Å². The molecule has 2 heterocycles. The molecule has 0 atom stereocenters. The lowest BCUT2D eigenvalue weighted by Gasteiger charge is -2.04. The number of aryl methyl sites for hydroxylation is 2. The molecule has 0 spiro atoms. The zero-order valence-corrected chi connectivity index (χ0v) is 11.3. The van der Waals surface area contributed by atoms with E-state index in [-0.39, 0.29) is 0 Å². The van der Waals surface area contributed by atoms with Gasteiger partial charge in [-0.05, 0) is 26.0 Å². The van der Waals surface area contributed by atoms with Crippen LogP contribution in [0.15, 0.2) is 30.3 Å². The minimum Gasteiger partial charge on any atom is -0.368 e. The van der Waals surface area contributed by atoms with Crippen LogP contribution in [0.3, 0.4) is 0 Å². The highest BCUT2D eigenvalue weighted by Crippen LogP contribution is 2.33. The molecule has 2 N–H and O–H groups in total. The van der Waals surface area contributed by atoms with E-state index in [1.807, 2.05) is 25.1 Å².